The Labute approximate surface area is 131 Å². The SMILES string of the molecule is [B]c1ccc(OC(C)=O)c(C(=O)Nc2nc(C)c(N=[N+]=[N-])o2)c1. The number of hydrogen-bond acceptors (Lipinski definition) is 6. The number of carbonyl (C=O) groups is 2. The highest BCUT2D eigenvalue weighted by Gasteiger charge is 2.17. The van der Waals surface area contributed by atoms with Crippen molar-refractivity contribution < 1.29 is 18.7 Å². The highest BCUT2D eigenvalue weighted by atomic mass is 16.5. The topological polar surface area (TPSA) is 130 Å². The van der Waals surface area contributed by atoms with Gasteiger partial charge in [0.25, 0.3) is 5.91 Å². The molecule has 114 valence electrons. The molecule has 1 amide bonds. The number of nitrogens with one attached hydrogen (secondary N) is 1. The molecule has 0 aliphatic heterocycles. The Morgan fingerprint density at radius 3 is 2.87 bits per heavy atom. The molecular formula is C13H10BN5O4. The van der Waals surface area contributed by atoms with Gasteiger partial charge in [-0.15, -0.1) is 0 Å². The lowest BCUT2D eigenvalue weighted by Gasteiger charge is -2.09. The van der Waals surface area contributed by atoms with E-state index in [2.05, 4.69) is 20.3 Å². The van der Waals surface area contributed by atoms with Crippen molar-refractivity contribution in [1.29, 1.82) is 0 Å². The van der Waals surface area contributed by atoms with E-state index >= 15 is 0 Å². The van der Waals surface area contributed by atoms with Crippen molar-refractivity contribution in [3.8, 4) is 5.75 Å². The maximum absolute atomic E-state index is 12.3. The Bertz CT molecular complexity index is 826. The molecule has 2 rings (SSSR count). The molecule has 0 spiro atoms. The second-order valence-corrected chi connectivity index (χ2v) is 4.40. The van der Waals surface area contributed by atoms with Crippen LogP contribution in [-0.4, -0.2) is 24.7 Å². The number of benzene rings is 1. The molecule has 0 aliphatic carbocycles. The van der Waals surface area contributed by atoms with Gasteiger partial charge < -0.3 is 9.15 Å². The third-order valence-corrected chi connectivity index (χ3v) is 2.63. The number of oxazole rings is 1. The molecule has 1 aromatic heterocycles. The molecule has 0 atom stereocenters. The van der Waals surface area contributed by atoms with E-state index in [0.717, 1.165) is 0 Å². The van der Waals surface area contributed by atoms with Crippen LogP contribution in [0.15, 0.2) is 27.7 Å². The van der Waals surface area contributed by atoms with Crippen molar-refractivity contribution in [1.82, 2.24) is 4.98 Å². The van der Waals surface area contributed by atoms with Crippen LogP contribution in [0.3, 0.4) is 0 Å². The summed E-state index contributed by atoms with van der Waals surface area (Å²) in [4.78, 5) is 29.9. The van der Waals surface area contributed by atoms with E-state index < -0.39 is 11.9 Å². The summed E-state index contributed by atoms with van der Waals surface area (Å²) in [7, 11) is 5.64. The zero-order valence-corrected chi connectivity index (χ0v) is 12.2. The summed E-state index contributed by atoms with van der Waals surface area (Å²) < 4.78 is 10.0. The number of esters is 1. The number of nitrogens with zero attached hydrogens (tertiary/aromatic N) is 4. The number of aryl methyl sites for hydroxylation is 1. The Hall–Kier alpha value is -3.26. The minimum atomic E-state index is -0.651. The number of amides is 1. The molecule has 1 aromatic carbocycles. The molecule has 23 heavy (non-hydrogen) atoms. The van der Waals surface area contributed by atoms with E-state index in [-0.39, 0.29) is 23.2 Å². The first-order chi connectivity index (χ1) is 10.9. The number of hydrogen-bond donors (Lipinski definition) is 1. The molecule has 0 bridgehead atoms. The van der Waals surface area contributed by atoms with Gasteiger partial charge in [-0.1, -0.05) is 17.6 Å². The fourth-order valence-electron chi connectivity index (χ4n) is 1.71. The van der Waals surface area contributed by atoms with Crippen molar-refractivity contribution >= 4 is 37.1 Å². The Morgan fingerprint density at radius 2 is 2.22 bits per heavy atom. The van der Waals surface area contributed by atoms with E-state index in [4.69, 9.17) is 22.5 Å². The predicted octanol–water partition coefficient (Wildman–Crippen LogP) is 1.90. The fourth-order valence-corrected chi connectivity index (χ4v) is 1.71. The zero-order chi connectivity index (χ0) is 17.0. The van der Waals surface area contributed by atoms with Gasteiger partial charge in [-0.25, -0.2) is 0 Å². The lowest BCUT2D eigenvalue weighted by molar-refractivity contribution is -0.131. The third kappa shape index (κ3) is 3.89. The molecule has 0 saturated heterocycles. The van der Waals surface area contributed by atoms with Crippen LogP contribution < -0.4 is 15.5 Å². The van der Waals surface area contributed by atoms with Crippen LogP contribution in [0.4, 0.5) is 11.9 Å². The van der Waals surface area contributed by atoms with Crippen LogP contribution in [0.25, 0.3) is 10.4 Å². The number of ether oxygens (including phenoxy) is 1. The van der Waals surface area contributed by atoms with Crippen LogP contribution >= 0.6 is 0 Å². The molecule has 0 aliphatic rings. The highest BCUT2D eigenvalue weighted by Crippen LogP contribution is 2.24. The van der Waals surface area contributed by atoms with Crippen LogP contribution in [0.5, 0.6) is 5.75 Å². The number of anilines is 1. The monoisotopic (exact) mass is 311 g/mol. The van der Waals surface area contributed by atoms with Gasteiger partial charge in [-0.05, 0) is 23.6 Å². The molecule has 0 unspecified atom stereocenters. The van der Waals surface area contributed by atoms with E-state index in [1.807, 2.05) is 0 Å². The molecule has 1 heterocycles. The first kappa shape index (κ1) is 16.1. The van der Waals surface area contributed by atoms with Crippen molar-refractivity contribution in [2.75, 3.05) is 5.32 Å². The number of carbonyl (C=O) groups excluding carboxylic acids is 2. The fraction of sp³-hybridized carbons (Fsp3) is 0.154. The zero-order valence-electron chi connectivity index (χ0n) is 12.2. The maximum Gasteiger partial charge on any atom is 0.308 e. The number of azide groups is 1. The molecular weight excluding hydrogens is 301 g/mol. The highest BCUT2D eigenvalue weighted by molar-refractivity contribution is 6.33. The maximum atomic E-state index is 12.3. The van der Waals surface area contributed by atoms with Crippen LogP contribution in [-0.2, 0) is 4.79 Å². The molecule has 0 saturated carbocycles. The third-order valence-electron chi connectivity index (χ3n) is 2.63. The van der Waals surface area contributed by atoms with E-state index in [0.29, 0.717) is 11.2 Å². The molecule has 2 aromatic rings. The minimum Gasteiger partial charge on any atom is -0.426 e. The van der Waals surface area contributed by atoms with Gasteiger partial charge in [-0.3, -0.25) is 14.9 Å². The second kappa shape index (κ2) is 6.67. The van der Waals surface area contributed by atoms with E-state index in [1.54, 1.807) is 6.92 Å². The van der Waals surface area contributed by atoms with Gasteiger partial charge in [0, 0.05) is 11.8 Å². The van der Waals surface area contributed by atoms with Crippen molar-refractivity contribution in [2.24, 2.45) is 5.11 Å². The predicted molar refractivity (Wildman–Crippen MR) is 81.1 cm³/mol. The van der Waals surface area contributed by atoms with Crippen molar-refractivity contribution in [2.45, 2.75) is 13.8 Å². The first-order valence-electron chi connectivity index (χ1n) is 6.32. The largest absolute Gasteiger partial charge is 0.426 e. The smallest absolute Gasteiger partial charge is 0.308 e. The van der Waals surface area contributed by atoms with Gasteiger partial charge >= 0.3 is 12.0 Å². The second-order valence-electron chi connectivity index (χ2n) is 4.40. The first-order valence-corrected chi connectivity index (χ1v) is 6.32. The lowest BCUT2D eigenvalue weighted by Crippen LogP contribution is -2.18. The van der Waals surface area contributed by atoms with Crippen LogP contribution in [0.1, 0.15) is 23.0 Å². The molecule has 0 fully saturated rings. The van der Waals surface area contributed by atoms with Gasteiger partial charge in [-0.2, -0.15) is 4.98 Å². The summed E-state index contributed by atoms with van der Waals surface area (Å²) in [6.45, 7) is 2.76. The normalized spacial score (nSPS) is 9.83. The van der Waals surface area contributed by atoms with Gasteiger partial charge in [0.1, 0.15) is 13.6 Å². The molecule has 10 heteroatoms. The van der Waals surface area contributed by atoms with E-state index in [1.165, 1.54) is 25.1 Å². The summed E-state index contributed by atoms with van der Waals surface area (Å²) in [5.74, 6) is -1.25. The summed E-state index contributed by atoms with van der Waals surface area (Å²) in [5, 5.41) is 5.66. The van der Waals surface area contributed by atoms with Gasteiger partial charge in [0.05, 0.1) is 11.3 Å². The summed E-state index contributed by atoms with van der Waals surface area (Å²) in [6.07, 6.45) is 0. The average molecular weight is 311 g/mol. The average Bonchev–Trinajstić information content (AvgIpc) is 2.80. The summed E-state index contributed by atoms with van der Waals surface area (Å²) in [6, 6.07) is 4.07. The summed E-state index contributed by atoms with van der Waals surface area (Å²) in [5.41, 5.74) is 9.03. The molecule has 1 N–H and O–H groups in total. The number of aromatic nitrogens is 1. The summed E-state index contributed by atoms with van der Waals surface area (Å²) >= 11 is 0. The lowest BCUT2D eigenvalue weighted by atomic mass is 9.94. The van der Waals surface area contributed by atoms with Gasteiger partial charge in [0.2, 0.25) is 5.88 Å². The minimum absolute atomic E-state index is 0.0291. The Balaban J connectivity index is 2.30. The van der Waals surface area contributed by atoms with Gasteiger partial charge in [0.15, 0.2) is 0 Å². The van der Waals surface area contributed by atoms with Crippen LogP contribution in [0.2, 0.25) is 0 Å². The Morgan fingerprint density at radius 1 is 1.48 bits per heavy atom. The number of rotatable bonds is 4. The molecule has 2 radical (unpaired) electrons. The Kier molecular flexibility index (Phi) is 4.68. The molecule has 9 nitrogen and oxygen atoms in total. The standard InChI is InChI=1S/C13H10BN5O4/c1-6-12(18-19-15)23-13(16-6)17-11(21)9-5-8(14)3-4-10(9)22-7(2)20/h3-5H,1-2H3,(H,16,17,21). The van der Waals surface area contributed by atoms with E-state index in [9.17, 15) is 9.59 Å². The van der Waals surface area contributed by atoms with Crippen molar-refractivity contribution in [3.05, 3.63) is 39.9 Å². The van der Waals surface area contributed by atoms with Crippen molar-refractivity contribution in [3.63, 3.8) is 0 Å². The van der Waals surface area contributed by atoms with Crippen LogP contribution in [0, 0.1) is 6.92 Å². The quantitative estimate of drug-likeness (QED) is 0.230.